The average Bonchev–Trinajstić information content (AvgIpc) is 3.27. The Kier molecular flexibility index (Phi) is 3.68. The third kappa shape index (κ3) is 2.57. The van der Waals surface area contributed by atoms with Crippen LogP contribution in [-0.2, 0) is 6.42 Å². The van der Waals surface area contributed by atoms with Gasteiger partial charge in [0.25, 0.3) is 0 Å². The second kappa shape index (κ2) is 6.29. The Morgan fingerprint density at radius 3 is 2.62 bits per heavy atom. The average molecular weight is 387 g/mol. The highest BCUT2D eigenvalue weighted by Gasteiger charge is 2.32. The highest BCUT2D eigenvalue weighted by atomic mass is 19.1. The van der Waals surface area contributed by atoms with Crippen molar-refractivity contribution in [1.29, 1.82) is 0 Å². The molecule has 0 bridgehead atoms. The molecule has 0 spiro atoms. The van der Waals surface area contributed by atoms with Crippen molar-refractivity contribution in [2.75, 3.05) is 13.1 Å². The normalized spacial score (nSPS) is 20.1. The van der Waals surface area contributed by atoms with E-state index < -0.39 is 0 Å². The van der Waals surface area contributed by atoms with Crippen LogP contribution in [-0.4, -0.2) is 27.5 Å². The van der Waals surface area contributed by atoms with E-state index in [4.69, 9.17) is 0 Å². The number of hydrogen-bond donors (Lipinski definition) is 1. The molecule has 4 nitrogen and oxygen atoms in total. The van der Waals surface area contributed by atoms with Crippen molar-refractivity contribution >= 4 is 21.8 Å². The zero-order chi connectivity index (χ0) is 19.5. The molecule has 3 aromatic carbocycles. The Hall–Kier alpha value is -2.92. The molecule has 1 aliphatic heterocycles. The van der Waals surface area contributed by atoms with Crippen LogP contribution in [0.5, 0.6) is 0 Å². The minimum absolute atomic E-state index is 0.105. The topological polar surface area (TPSA) is 41.0 Å². The van der Waals surface area contributed by atoms with Crippen LogP contribution in [0.1, 0.15) is 36.1 Å². The van der Waals surface area contributed by atoms with E-state index in [1.807, 2.05) is 0 Å². The molecule has 146 valence electrons. The number of aromatic amines is 1. The predicted molar refractivity (Wildman–Crippen MR) is 113 cm³/mol. The zero-order valence-corrected chi connectivity index (χ0v) is 16.1. The molecule has 5 heteroatoms. The minimum atomic E-state index is -0.306. The molecule has 29 heavy (non-hydrogen) atoms. The third-order valence-electron chi connectivity index (χ3n) is 6.78. The number of nitrogens with one attached hydrogen (secondary N) is 1. The van der Waals surface area contributed by atoms with Crippen LogP contribution in [0.4, 0.5) is 4.39 Å². The summed E-state index contributed by atoms with van der Waals surface area (Å²) < 4.78 is 15.5. The van der Waals surface area contributed by atoms with Gasteiger partial charge in [0, 0.05) is 25.2 Å². The Balaban J connectivity index is 1.28. The molecule has 0 amide bonds. The predicted octanol–water partition coefficient (Wildman–Crippen LogP) is 4.56. The van der Waals surface area contributed by atoms with E-state index in [1.54, 1.807) is 10.6 Å². The lowest BCUT2D eigenvalue weighted by atomic mass is 9.99. The Morgan fingerprint density at radius 2 is 1.79 bits per heavy atom. The van der Waals surface area contributed by atoms with Crippen LogP contribution in [0.3, 0.4) is 0 Å². The van der Waals surface area contributed by atoms with Gasteiger partial charge in [0.1, 0.15) is 5.82 Å². The minimum Gasteiger partial charge on any atom is -0.306 e. The van der Waals surface area contributed by atoms with Crippen molar-refractivity contribution in [2.24, 2.45) is 0 Å². The van der Waals surface area contributed by atoms with E-state index >= 15 is 0 Å². The summed E-state index contributed by atoms with van der Waals surface area (Å²) in [5.41, 5.74) is 4.11. The number of fused-ring (bicyclic) bond motifs is 1. The van der Waals surface area contributed by atoms with Crippen molar-refractivity contribution in [3.05, 3.63) is 82.0 Å². The van der Waals surface area contributed by atoms with Gasteiger partial charge in [0.15, 0.2) is 0 Å². The summed E-state index contributed by atoms with van der Waals surface area (Å²) in [7, 11) is 0. The molecule has 0 radical (unpaired) electrons. The maximum Gasteiger partial charge on any atom is 0.326 e. The summed E-state index contributed by atoms with van der Waals surface area (Å²) in [6.07, 6.45) is 2.85. The van der Waals surface area contributed by atoms with Gasteiger partial charge < -0.3 is 4.98 Å². The first-order valence-corrected chi connectivity index (χ1v) is 10.3. The fourth-order valence-electron chi connectivity index (χ4n) is 5.45. The van der Waals surface area contributed by atoms with Crippen molar-refractivity contribution in [3.8, 4) is 0 Å². The summed E-state index contributed by atoms with van der Waals surface area (Å²) >= 11 is 0. The molecule has 1 N–H and O–H groups in total. The van der Waals surface area contributed by atoms with Gasteiger partial charge >= 0.3 is 5.69 Å². The standard InChI is InChI=1S/C24H22FN3O/c25-17-7-8-20-22(14-17)28(24(29)26-20)18-9-11-27(12-10-18)21-13-16-5-1-3-15-4-2-6-19(21)23(15)16/h1-8,14,18,21H,9-13H2,(H,26,29). The molecular formula is C24H22FN3O. The van der Waals surface area contributed by atoms with E-state index in [1.165, 1.54) is 34.0 Å². The van der Waals surface area contributed by atoms with Crippen LogP contribution < -0.4 is 5.69 Å². The maximum absolute atomic E-state index is 13.8. The molecule has 6 rings (SSSR count). The van der Waals surface area contributed by atoms with Gasteiger partial charge in [0.05, 0.1) is 11.0 Å². The molecule has 2 aliphatic rings. The maximum atomic E-state index is 13.8. The van der Waals surface area contributed by atoms with Gasteiger partial charge in [-0.1, -0.05) is 36.4 Å². The molecule has 1 saturated heterocycles. The van der Waals surface area contributed by atoms with Crippen molar-refractivity contribution in [3.63, 3.8) is 0 Å². The van der Waals surface area contributed by atoms with Crippen molar-refractivity contribution in [2.45, 2.75) is 31.3 Å². The number of nitrogens with zero attached hydrogens (tertiary/aromatic N) is 2. The Bertz CT molecular complexity index is 1290. The molecular weight excluding hydrogens is 365 g/mol. The number of benzene rings is 3. The Labute approximate surface area is 167 Å². The molecule has 1 aliphatic carbocycles. The summed E-state index contributed by atoms with van der Waals surface area (Å²) in [4.78, 5) is 18.0. The largest absolute Gasteiger partial charge is 0.326 e. The first-order chi connectivity index (χ1) is 14.2. The molecule has 1 atom stereocenters. The molecule has 4 aromatic rings. The number of halogens is 1. The van der Waals surface area contributed by atoms with Gasteiger partial charge in [0.2, 0.25) is 0 Å². The van der Waals surface area contributed by atoms with Crippen LogP contribution in [0.15, 0.2) is 59.4 Å². The summed E-state index contributed by atoms with van der Waals surface area (Å²) in [6.45, 7) is 1.88. The lowest BCUT2D eigenvalue weighted by Crippen LogP contribution is -2.39. The number of aromatic nitrogens is 2. The van der Waals surface area contributed by atoms with Crippen LogP contribution >= 0.6 is 0 Å². The first kappa shape index (κ1) is 17.0. The van der Waals surface area contributed by atoms with Crippen molar-refractivity contribution in [1.82, 2.24) is 14.5 Å². The number of imidazole rings is 1. The quantitative estimate of drug-likeness (QED) is 0.548. The molecule has 2 heterocycles. The number of likely N-dealkylation sites (tertiary alicyclic amines) is 1. The van der Waals surface area contributed by atoms with Gasteiger partial charge in [-0.3, -0.25) is 9.47 Å². The first-order valence-electron chi connectivity index (χ1n) is 10.3. The lowest BCUT2D eigenvalue weighted by Gasteiger charge is -2.36. The SMILES string of the molecule is O=c1[nH]c2ccc(F)cc2n1C1CCN(C2Cc3cccc4cccc2c34)CC1. The van der Waals surface area contributed by atoms with Gasteiger partial charge in [-0.05, 0) is 59.4 Å². The summed E-state index contributed by atoms with van der Waals surface area (Å²) in [5.74, 6) is -0.306. The Morgan fingerprint density at radius 1 is 1.00 bits per heavy atom. The molecule has 1 fully saturated rings. The highest BCUT2D eigenvalue weighted by molar-refractivity contribution is 5.91. The summed E-state index contributed by atoms with van der Waals surface area (Å²) in [5, 5.41) is 2.75. The van der Waals surface area contributed by atoms with E-state index in [0.717, 1.165) is 32.4 Å². The van der Waals surface area contributed by atoms with E-state index in [2.05, 4.69) is 46.3 Å². The number of rotatable bonds is 2. The van der Waals surface area contributed by atoms with Crippen molar-refractivity contribution < 1.29 is 4.39 Å². The second-order valence-corrected chi connectivity index (χ2v) is 8.31. The fraction of sp³-hybridized carbons (Fsp3) is 0.292. The van der Waals surface area contributed by atoms with E-state index in [-0.39, 0.29) is 17.5 Å². The second-order valence-electron chi connectivity index (χ2n) is 8.31. The third-order valence-corrected chi connectivity index (χ3v) is 6.78. The smallest absolute Gasteiger partial charge is 0.306 e. The zero-order valence-electron chi connectivity index (χ0n) is 16.1. The van der Waals surface area contributed by atoms with Gasteiger partial charge in [-0.15, -0.1) is 0 Å². The highest BCUT2D eigenvalue weighted by Crippen LogP contribution is 2.41. The molecule has 0 saturated carbocycles. The van der Waals surface area contributed by atoms with E-state index in [9.17, 15) is 9.18 Å². The fourth-order valence-corrected chi connectivity index (χ4v) is 5.45. The van der Waals surface area contributed by atoms with Crippen LogP contribution in [0, 0.1) is 5.82 Å². The summed E-state index contributed by atoms with van der Waals surface area (Å²) in [6, 6.07) is 18.2. The van der Waals surface area contributed by atoms with E-state index in [0.29, 0.717) is 17.1 Å². The van der Waals surface area contributed by atoms with Crippen LogP contribution in [0.25, 0.3) is 21.8 Å². The number of H-pyrrole nitrogens is 1. The monoisotopic (exact) mass is 387 g/mol. The van der Waals surface area contributed by atoms with Gasteiger partial charge in [-0.25, -0.2) is 9.18 Å². The molecule has 1 unspecified atom stereocenters. The number of piperidine rings is 1. The van der Waals surface area contributed by atoms with Crippen LogP contribution in [0.2, 0.25) is 0 Å². The molecule has 1 aromatic heterocycles. The van der Waals surface area contributed by atoms with Gasteiger partial charge in [-0.2, -0.15) is 0 Å². The number of hydrogen-bond acceptors (Lipinski definition) is 2. The lowest BCUT2D eigenvalue weighted by molar-refractivity contribution is 0.137.